The molecule has 0 heterocycles. The van der Waals surface area contributed by atoms with Crippen molar-refractivity contribution in [1.82, 2.24) is 5.32 Å². The van der Waals surface area contributed by atoms with E-state index in [2.05, 4.69) is 5.32 Å². The fourth-order valence-corrected chi connectivity index (χ4v) is 1.26. The summed E-state index contributed by atoms with van der Waals surface area (Å²) in [6, 6.07) is 9.26. The van der Waals surface area contributed by atoms with E-state index in [4.69, 9.17) is 0 Å². The minimum atomic E-state index is 0.00894. The number of rotatable bonds is 4. The van der Waals surface area contributed by atoms with Gasteiger partial charge < -0.3 is 5.32 Å². The van der Waals surface area contributed by atoms with Crippen LogP contribution in [0.4, 0.5) is 0 Å². The molecule has 0 saturated carbocycles. The van der Waals surface area contributed by atoms with Crippen molar-refractivity contribution in [2.24, 2.45) is 0 Å². The number of thioether (sulfide) groups is 1. The average molecular weight is 195 g/mol. The van der Waals surface area contributed by atoms with Gasteiger partial charge in [-0.3, -0.25) is 4.79 Å². The quantitative estimate of drug-likeness (QED) is 0.742. The van der Waals surface area contributed by atoms with Gasteiger partial charge in [0, 0.05) is 17.9 Å². The van der Waals surface area contributed by atoms with Gasteiger partial charge in [-0.2, -0.15) is 11.8 Å². The van der Waals surface area contributed by atoms with Crippen LogP contribution in [0.15, 0.2) is 30.3 Å². The largest absolute Gasteiger partial charge is 0.351 e. The van der Waals surface area contributed by atoms with E-state index in [-0.39, 0.29) is 5.91 Å². The molecule has 1 rings (SSSR count). The second-order valence-electron chi connectivity index (χ2n) is 2.61. The molecule has 0 aliphatic carbocycles. The van der Waals surface area contributed by atoms with Crippen LogP contribution in [0, 0.1) is 0 Å². The zero-order chi connectivity index (χ0) is 9.52. The van der Waals surface area contributed by atoms with E-state index < -0.39 is 0 Å². The zero-order valence-electron chi connectivity index (χ0n) is 7.62. The molecule has 1 N–H and O–H groups in total. The number of amides is 1. The molecular formula is C10H13NOS. The van der Waals surface area contributed by atoms with Crippen molar-refractivity contribution in [3.63, 3.8) is 0 Å². The second kappa shape index (κ2) is 5.65. The van der Waals surface area contributed by atoms with E-state index in [1.807, 2.05) is 36.6 Å². The molecule has 70 valence electrons. The number of hydrogen-bond donors (Lipinski definition) is 1. The lowest BCUT2D eigenvalue weighted by Gasteiger charge is -2.02. The highest BCUT2D eigenvalue weighted by Crippen LogP contribution is 1.97. The van der Waals surface area contributed by atoms with Gasteiger partial charge in [0.1, 0.15) is 0 Å². The summed E-state index contributed by atoms with van der Waals surface area (Å²) in [5.41, 5.74) is 0.726. The highest BCUT2D eigenvalue weighted by atomic mass is 32.2. The van der Waals surface area contributed by atoms with Crippen molar-refractivity contribution in [2.45, 2.75) is 0 Å². The van der Waals surface area contributed by atoms with E-state index in [1.54, 1.807) is 11.8 Å². The summed E-state index contributed by atoms with van der Waals surface area (Å²) in [7, 11) is 0. The first kappa shape index (κ1) is 10.1. The predicted octanol–water partition coefficient (Wildman–Crippen LogP) is 1.78. The Morgan fingerprint density at radius 2 is 2.08 bits per heavy atom. The standard InChI is InChI=1S/C10H13NOS/c1-13-8-7-11-10(12)9-5-3-2-4-6-9/h2-6H,7-8H2,1H3,(H,11,12). The van der Waals surface area contributed by atoms with E-state index in [0.29, 0.717) is 0 Å². The topological polar surface area (TPSA) is 29.1 Å². The van der Waals surface area contributed by atoms with Crippen LogP contribution in [0.25, 0.3) is 0 Å². The van der Waals surface area contributed by atoms with Gasteiger partial charge in [0.15, 0.2) is 0 Å². The van der Waals surface area contributed by atoms with Crippen molar-refractivity contribution >= 4 is 17.7 Å². The Bertz CT molecular complexity index is 261. The van der Waals surface area contributed by atoms with Crippen LogP contribution in [0.2, 0.25) is 0 Å². The van der Waals surface area contributed by atoms with E-state index >= 15 is 0 Å². The Hall–Kier alpha value is -0.960. The summed E-state index contributed by atoms with van der Waals surface area (Å²) in [4.78, 5) is 11.4. The third kappa shape index (κ3) is 3.51. The first-order chi connectivity index (χ1) is 6.34. The lowest BCUT2D eigenvalue weighted by Crippen LogP contribution is -2.25. The van der Waals surface area contributed by atoms with Gasteiger partial charge in [-0.15, -0.1) is 0 Å². The van der Waals surface area contributed by atoms with Gasteiger partial charge >= 0.3 is 0 Å². The smallest absolute Gasteiger partial charge is 0.251 e. The van der Waals surface area contributed by atoms with Crippen molar-refractivity contribution in [2.75, 3.05) is 18.6 Å². The van der Waals surface area contributed by atoms with Gasteiger partial charge in [-0.05, 0) is 18.4 Å². The summed E-state index contributed by atoms with van der Waals surface area (Å²) in [5.74, 6) is 0.966. The Labute approximate surface area is 82.7 Å². The Morgan fingerprint density at radius 3 is 2.69 bits per heavy atom. The molecule has 0 aliphatic heterocycles. The van der Waals surface area contributed by atoms with E-state index in [9.17, 15) is 4.79 Å². The number of carbonyl (C=O) groups excluding carboxylic acids is 1. The summed E-state index contributed by atoms with van der Waals surface area (Å²) in [5, 5.41) is 2.84. The molecule has 0 aliphatic rings. The molecule has 0 atom stereocenters. The van der Waals surface area contributed by atoms with Crippen LogP contribution in [0.1, 0.15) is 10.4 Å². The fourth-order valence-electron chi connectivity index (χ4n) is 0.958. The summed E-state index contributed by atoms with van der Waals surface area (Å²) >= 11 is 1.72. The van der Waals surface area contributed by atoms with Crippen molar-refractivity contribution in [1.29, 1.82) is 0 Å². The normalized spacial score (nSPS) is 9.62. The molecule has 1 aromatic carbocycles. The molecule has 13 heavy (non-hydrogen) atoms. The van der Waals surface area contributed by atoms with Crippen LogP contribution in [0.5, 0.6) is 0 Å². The maximum Gasteiger partial charge on any atom is 0.251 e. The molecule has 3 heteroatoms. The van der Waals surface area contributed by atoms with Crippen LogP contribution in [-0.2, 0) is 0 Å². The fraction of sp³-hybridized carbons (Fsp3) is 0.300. The molecule has 0 aromatic heterocycles. The van der Waals surface area contributed by atoms with E-state index in [1.165, 1.54) is 0 Å². The Morgan fingerprint density at radius 1 is 1.38 bits per heavy atom. The minimum Gasteiger partial charge on any atom is -0.351 e. The average Bonchev–Trinajstić information content (AvgIpc) is 2.19. The van der Waals surface area contributed by atoms with Gasteiger partial charge in [-0.1, -0.05) is 18.2 Å². The van der Waals surface area contributed by atoms with Crippen LogP contribution < -0.4 is 5.32 Å². The first-order valence-electron chi connectivity index (χ1n) is 4.17. The number of carbonyl (C=O) groups is 1. The number of nitrogens with one attached hydrogen (secondary N) is 1. The molecular weight excluding hydrogens is 182 g/mol. The number of benzene rings is 1. The van der Waals surface area contributed by atoms with Crippen molar-refractivity contribution in [3.8, 4) is 0 Å². The highest BCUT2D eigenvalue weighted by Gasteiger charge is 2.01. The maximum absolute atomic E-state index is 11.4. The van der Waals surface area contributed by atoms with Gasteiger partial charge in [0.05, 0.1) is 0 Å². The minimum absolute atomic E-state index is 0.00894. The van der Waals surface area contributed by atoms with E-state index in [0.717, 1.165) is 17.9 Å². The second-order valence-corrected chi connectivity index (χ2v) is 3.60. The third-order valence-corrected chi connectivity index (χ3v) is 2.24. The monoisotopic (exact) mass is 195 g/mol. The lowest BCUT2D eigenvalue weighted by molar-refractivity contribution is 0.0956. The molecule has 0 bridgehead atoms. The highest BCUT2D eigenvalue weighted by molar-refractivity contribution is 7.98. The lowest BCUT2D eigenvalue weighted by atomic mass is 10.2. The van der Waals surface area contributed by atoms with Crippen LogP contribution in [0.3, 0.4) is 0 Å². The maximum atomic E-state index is 11.4. The predicted molar refractivity (Wildman–Crippen MR) is 57.2 cm³/mol. The SMILES string of the molecule is CSCCNC(=O)c1ccccc1. The number of hydrogen-bond acceptors (Lipinski definition) is 2. The van der Waals surface area contributed by atoms with Crippen LogP contribution in [-0.4, -0.2) is 24.5 Å². The molecule has 1 amide bonds. The van der Waals surface area contributed by atoms with Crippen molar-refractivity contribution in [3.05, 3.63) is 35.9 Å². The van der Waals surface area contributed by atoms with Crippen molar-refractivity contribution < 1.29 is 4.79 Å². The van der Waals surface area contributed by atoms with Gasteiger partial charge in [-0.25, -0.2) is 0 Å². The molecule has 0 fully saturated rings. The van der Waals surface area contributed by atoms with Gasteiger partial charge in [0.2, 0.25) is 0 Å². The Kier molecular flexibility index (Phi) is 4.40. The van der Waals surface area contributed by atoms with Gasteiger partial charge in [0.25, 0.3) is 5.91 Å². The molecule has 0 saturated heterocycles. The summed E-state index contributed by atoms with van der Waals surface area (Å²) < 4.78 is 0. The summed E-state index contributed by atoms with van der Waals surface area (Å²) in [6.45, 7) is 0.731. The molecule has 2 nitrogen and oxygen atoms in total. The molecule has 0 spiro atoms. The van der Waals surface area contributed by atoms with Crippen LogP contribution >= 0.6 is 11.8 Å². The summed E-state index contributed by atoms with van der Waals surface area (Å²) in [6.07, 6.45) is 2.02. The molecule has 1 aromatic rings. The Balaban J connectivity index is 2.40. The zero-order valence-corrected chi connectivity index (χ0v) is 8.43. The first-order valence-corrected chi connectivity index (χ1v) is 5.56. The third-order valence-electron chi connectivity index (χ3n) is 1.63. The molecule has 0 radical (unpaired) electrons. The molecule has 0 unspecified atom stereocenters.